The predicted octanol–water partition coefficient (Wildman–Crippen LogP) is 0.0820. The zero-order valence-corrected chi connectivity index (χ0v) is 11.2. The van der Waals surface area contributed by atoms with Crippen molar-refractivity contribution in [3.63, 3.8) is 0 Å². The van der Waals surface area contributed by atoms with Crippen molar-refractivity contribution < 1.29 is 9.59 Å². The lowest BCUT2D eigenvalue weighted by Gasteiger charge is -2.19. The molecular weight excluding hydrogens is 238 g/mol. The lowest BCUT2D eigenvalue weighted by atomic mass is 10.1. The Bertz CT molecular complexity index is 351. The van der Waals surface area contributed by atoms with Gasteiger partial charge in [0.1, 0.15) is 6.04 Å². The molecule has 0 bridgehead atoms. The number of nitrogens with one attached hydrogen (secondary N) is 2. The molecule has 0 saturated heterocycles. The molecule has 4 N–H and O–H groups in total. The fourth-order valence-electron chi connectivity index (χ4n) is 1.52. The van der Waals surface area contributed by atoms with E-state index in [0.717, 1.165) is 0 Å². The highest BCUT2D eigenvalue weighted by Gasteiger charge is 2.53. The van der Waals surface area contributed by atoms with Gasteiger partial charge in [0.15, 0.2) is 0 Å². The number of rotatable bonds is 5. The molecule has 0 spiro atoms. The van der Waals surface area contributed by atoms with Gasteiger partial charge in [0, 0.05) is 6.04 Å². The highest BCUT2D eigenvalue weighted by Crippen LogP contribution is 2.46. The minimum absolute atomic E-state index is 0.0484. The van der Waals surface area contributed by atoms with Crippen LogP contribution in [0.1, 0.15) is 33.6 Å². The van der Waals surface area contributed by atoms with E-state index in [2.05, 4.69) is 10.6 Å². The van der Waals surface area contributed by atoms with Gasteiger partial charge in [-0.2, -0.15) is 0 Å². The van der Waals surface area contributed by atoms with Crippen LogP contribution in [0.25, 0.3) is 0 Å². The Morgan fingerprint density at radius 1 is 1.24 bits per heavy atom. The van der Waals surface area contributed by atoms with Gasteiger partial charge in [-0.3, -0.25) is 9.59 Å². The Morgan fingerprint density at radius 2 is 1.76 bits per heavy atom. The van der Waals surface area contributed by atoms with E-state index in [1.165, 1.54) is 0 Å². The van der Waals surface area contributed by atoms with Gasteiger partial charge in [-0.25, -0.2) is 0 Å². The summed E-state index contributed by atoms with van der Waals surface area (Å²) in [5.41, 5.74) is 4.83. The molecule has 1 rings (SSSR count). The summed E-state index contributed by atoms with van der Waals surface area (Å²) in [6.45, 7) is 5.37. The van der Waals surface area contributed by atoms with E-state index < -0.39 is 11.5 Å². The van der Waals surface area contributed by atoms with Gasteiger partial charge in [-0.05, 0) is 33.6 Å². The third-order valence-electron chi connectivity index (χ3n) is 2.83. The smallest absolute Gasteiger partial charge is 0.242 e. The zero-order valence-electron chi connectivity index (χ0n) is 10.4. The van der Waals surface area contributed by atoms with Gasteiger partial charge < -0.3 is 16.4 Å². The lowest BCUT2D eigenvalue weighted by Crippen LogP contribution is -2.50. The van der Waals surface area contributed by atoms with Crippen molar-refractivity contribution in [1.29, 1.82) is 0 Å². The average Bonchev–Trinajstić information content (AvgIpc) is 2.96. The predicted molar refractivity (Wildman–Crippen MR) is 69.3 cm³/mol. The van der Waals surface area contributed by atoms with Crippen LogP contribution in [0.4, 0.5) is 0 Å². The average molecular weight is 257 g/mol. The fraction of sp³-hybridized carbons (Fsp3) is 0.727. The van der Waals surface area contributed by atoms with Crippen molar-refractivity contribution in [2.45, 2.75) is 45.7 Å². The molecule has 0 heterocycles. The van der Waals surface area contributed by atoms with Crippen molar-refractivity contribution >= 4 is 29.0 Å². The topological polar surface area (TPSA) is 84.2 Å². The van der Waals surface area contributed by atoms with Crippen molar-refractivity contribution in [3.8, 4) is 0 Å². The van der Waals surface area contributed by atoms with E-state index in [1.807, 2.05) is 13.8 Å². The van der Waals surface area contributed by atoms with Crippen LogP contribution in [0.15, 0.2) is 0 Å². The minimum atomic E-state index is -0.707. The van der Waals surface area contributed by atoms with Crippen LogP contribution in [-0.2, 0) is 9.59 Å². The summed E-state index contributed by atoms with van der Waals surface area (Å²) < 4.78 is 0. The second kappa shape index (κ2) is 5.00. The maximum Gasteiger partial charge on any atom is 0.242 e. The van der Waals surface area contributed by atoms with Crippen LogP contribution < -0.4 is 16.4 Å². The molecule has 5 nitrogen and oxygen atoms in total. The molecule has 0 aromatic rings. The van der Waals surface area contributed by atoms with Crippen LogP contribution >= 0.6 is 12.2 Å². The van der Waals surface area contributed by atoms with E-state index in [-0.39, 0.29) is 22.8 Å². The largest absolute Gasteiger partial charge is 0.392 e. The van der Waals surface area contributed by atoms with Gasteiger partial charge in [0.2, 0.25) is 11.8 Å². The van der Waals surface area contributed by atoms with Gasteiger partial charge in [0.05, 0.1) is 10.4 Å². The van der Waals surface area contributed by atoms with Crippen LogP contribution in [0, 0.1) is 5.41 Å². The Kier molecular flexibility index (Phi) is 4.08. The van der Waals surface area contributed by atoms with Crippen LogP contribution in [0.3, 0.4) is 0 Å². The molecule has 96 valence electrons. The normalized spacial score (nSPS) is 18.4. The molecule has 1 unspecified atom stereocenters. The van der Waals surface area contributed by atoms with Crippen LogP contribution in [0.5, 0.6) is 0 Å². The van der Waals surface area contributed by atoms with E-state index in [0.29, 0.717) is 12.8 Å². The molecule has 0 aromatic carbocycles. The summed E-state index contributed by atoms with van der Waals surface area (Å²) >= 11 is 4.88. The van der Waals surface area contributed by atoms with Crippen molar-refractivity contribution in [3.05, 3.63) is 0 Å². The number of carbonyl (C=O) groups excluding carboxylic acids is 2. The summed E-state index contributed by atoms with van der Waals surface area (Å²) in [6.07, 6.45) is 1.35. The molecule has 6 heteroatoms. The van der Waals surface area contributed by atoms with Crippen LogP contribution in [0.2, 0.25) is 0 Å². The van der Waals surface area contributed by atoms with Crippen LogP contribution in [-0.4, -0.2) is 28.9 Å². The summed E-state index contributed by atoms with van der Waals surface area (Å²) in [5.74, 6) is -0.441. The summed E-state index contributed by atoms with van der Waals surface area (Å²) in [4.78, 5) is 23.7. The molecule has 17 heavy (non-hydrogen) atoms. The highest BCUT2D eigenvalue weighted by atomic mass is 32.1. The number of nitrogens with two attached hydrogens (primary N) is 1. The molecule has 1 saturated carbocycles. The van der Waals surface area contributed by atoms with Crippen molar-refractivity contribution in [2.75, 3.05) is 0 Å². The van der Waals surface area contributed by atoms with E-state index >= 15 is 0 Å². The first-order valence-corrected chi connectivity index (χ1v) is 6.11. The summed E-state index contributed by atoms with van der Waals surface area (Å²) in [5, 5.41) is 5.38. The molecule has 0 radical (unpaired) electrons. The maximum atomic E-state index is 11.9. The Balaban J connectivity index is 2.52. The van der Waals surface area contributed by atoms with Gasteiger partial charge >= 0.3 is 0 Å². The minimum Gasteiger partial charge on any atom is -0.392 e. The molecule has 1 fully saturated rings. The standard InChI is InChI=1S/C11H19N3O2S/c1-6(2)13-8(15)7(3)14-10(16)11(4-5-11)9(12)17/h6-7H,4-5H2,1-3H3,(H2,12,17)(H,13,15)(H,14,16). The molecule has 1 aliphatic rings. The molecule has 2 amide bonds. The Morgan fingerprint density at radius 3 is 2.12 bits per heavy atom. The quantitative estimate of drug-likeness (QED) is 0.609. The number of hydrogen-bond acceptors (Lipinski definition) is 3. The van der Waals surface area contributed by atoms with Gasteiger partial charge in [-0.1, -0.05) is 12.2 Å². The zero-order chi connectivity index (χ0) is 13.2. The molecule has 1 aliphatic carbocycles. The number of thiocarbonyl (C=S) groups is 1. The lowest BCUT2D eigenvalue weighted by molar-refractivity contribution is -0.130. The third-order valence-corrected chi connectivity index (χ3v) is 3.22. The first-order chi connectivity index (χ1) is 7.79. The van der Waals surface area contributed by atoms with E-state index in [1.54, 1.807) is 6.92 Å². The molecule has 0 aromatic heterocycles. The van der Waals surface area contributed by atoms with Crippen molar-refractivity contribution in [1.82, 2.24) is 10.6 Å². The van der Waals surface area contributed by atoms with Gasteiger partial charge in [-0.15, -0.1) is 0 Å². The monoisotopic (exact) mass is 257 g/mol. The molecule has 1 atom stereocenters. The highest BCUT2D eigenvalue weighted by molar-refractivity contribution is 7.80. The maximum absolute atomic E-state index is 11.9. The fourth-order valence-corrected chi connectivity index (χ4v) is 1.82. The summed E-state index contributed by atoms with van der Waals surface area (Å²) in [6, 6.07) is -0.524. The van der Waals surface area contributed by atoms with E-state index in [9.17, 15) is 9.59 Å². The number of carbonyl (C=O) groups is 2. The second-order valence-electron chi connectivity index (χ2n) is 4.80. The van der Waals surface area contributed by atoms with Gasteiger partial charge in [0.25, 0.3) is 0 Å². The third kappa shape index (κ3) is 3.15. The second-order valence-corrected chi connectivity index (χ2v) is 5.24. The Hall–Kier alpha value is -1.17. The van der Waals surface area contributed by atoms with E-state index in [4.69, 9.17) is 18.0 Å². The first kappa shape index (κ1) is 13.9. The summed E-state index contributed by atoms with van der Waals surface area (Å²) in [7, 11) is 0. The number of hydrogen-bond donors (Lipinski definition) is 3. The first-order valence-electron chi connectivity index (χ1n) is 5.71. The molecule has 0 aliphatic heterocycles. The molecular formula is C11H19N3O2S. The Labute approximate surface area is 107 Å². The SMILES string of the molecule is CC(C)NC(=O)C(C)NC(=O)C1(C(N)=S)CC1. The number of amides is 2. The van der Waals surface area contributed by atoms with Crippen molar-refractivity contribution in [2.24, 2.45) is 11.1 Å².